The van der Waals surface area contributed by atoms with Crippen LogP contribution in [0.4, 0.5) is 13.2 Å². The zero-order valence-corrected chi connectivity index (χ0v) is 33.2. The largest absolute Gasteiger partial charge is 2.00 e. The normalized spacial score (nSPS) is 10.5. The molecule has 0 amide bonds. The average Bonchev–Trinajstić information content (AvgIpc) is 3.86. The number of hydrogen-bond acceptors (Lipinski definition) is 10. The molecule has 0 saturated heterocycles. The van der Waals surface area contributed by atoms with Crippen molar-refractivity contribution in [3.8, 4) is 44.6 Å². The molecule has 0 fully saturated rings. The summed E-state index contributed by atoms with van der Waals surface area (Å²) in [5, 5.41) is 43.1. The van der Waals surface area contributed by atoms with Crippen molar-refractivity contribution in [2.24, 2.45) is 0 Å². The van der Waals surface area contributed by atoms with Gasteiger partial charge in [0.1, 0.15) is 5.69 Å². The van der Waals surface area contributed by atoms with Crippen molar-refractivity contribution >= 4 is 46.6 Å². The van der Waals surface area contributed by atoms with E-state index in [1.54, 1.807) is 30.5 Å². The summed E-state index contributed by atoms with van der Waals surface area (Å²) in [6.07, 6.45) is 3.32. The van der Waals surface area contributed by atoms with Gasteiger partial charge in [-0.05, 0) is 85.5 Å². The topological polar surface area (TPSA) is 213 Å². The Bertz CT molecular complexity index is 2310. The van der Waals surface area contributed by atoms with E-state index in [0.717, 1.165) is 29.7 Å². The van der Waals surface area contributed by atoms with Crippen LogP contribution in [0.2, 0.25) is 0 Å². The Balaban J connectivity index is 0.000000281. The van der Waals surface area contributed by atoms with Gasteiger partial charge in [-0.2, -0.15) is 18.3 Å². The third kappa shape index (κ3) is 12.1. The molecule has 0 saturated carbocycles. The van der Waals surface area contributed by atoms with Crippen molar-refractivity contribution < 1.29 is 62.4 Å². The summed E-state index contributed by atoms with van der Waals surface area (Å²) in [7, 11) is 0. The van der Waals surface area contributed by atoms with Gasteiger partial charge in [0.25, 0.3) is 0 Å². The first kappa shape index (κ1) is 45.5. The number of carboxylic acids is 3. The van der Waals surface area contributed by atoms with Crippen molar-refractivity contribution in [1.29, 1.82) is 0 Å². The van der Waals surface area contributed by atoms with Crippen LogP contribution in [-0.2, 0) is 38.5 Å². The smallest absolute Gasteiger partial charge is 0.753 e. The number of aromatic nitrogens is 6. The number of aryl methyl sites for hydroxylation is 1. The van der Waals surface area contributed by atoms with E-state index >= 15 is 0 Å². The Morgan fingerprint density at radius 2 is 1.35 bits per heavy atom. The Hall–Kier alpha value is -5.87. The van der Waals surface area contributed by atoms with E-state index in [9.17, 15) is 32.7 Å². The molecule has 0 aliphatic carbocycles. The molecule has 6 aromatic rings. The maximum atomic E-state index is 13.0. The number of rotatable bonds is 11. The van der Waals surface area contributed by atoms with Gasteiger partial charge in [-0.25, -0.2) is 19.4 Å². The van der Waals surface area contributed by atoms with Gasteiger partial charge in [-0.3, -0.25) is 15.0 Å². The third-order valence-corrected chi connectivity index (χ3v) is 8.98. The van der Waals surface area contributed by atoms with Gasteiger partial charge in [0.05, 0.1) is 39.5 Å². The summed E-state index contributed by atoms with van der Waals surface area (Å²) in [5.74, 6) is -3.56. The van der Waals surface area contributed by atoms with Crippen LogP contribution < -0.4 is 5.10 Å². The number of thiophene rings is 1. The number of carbonyl (C=O) groups is 3. The van der Waals surface area contributed by atoms with E-state index < -0.39 is 29.8 Å². The number of alkyl halides is 3. The van der Waals surface area contributed by atoms with E-state index in [1.165, 1.54) is 58.8 Å². The molecule has 0 unspecified atom stereocenters. The molecular formula is C38H30F3N7O6RuS2. The van der Waals surface area contributed by atoms with Gasteiger partial charge in [-0.15, -0.1) is 11.3 Å². The number of aromatic carboxylic acids is 3. The Labute approximate surface area is 345 Å². The molecule has 0 atom stereocenters. The standard InChI is InChI=1S/C19H19F3N3S.C18H11N3O6.CNS.Ru/c1-3-5-6-13-8-10-16(26-13)12-7-9-15(23-11-12)17-14(4-2)18(25-24-17)19(20,21)22;22-16(23)9-1-3-19-12(5-9)14-7-11(18(26)27)8-15(21-14)13-6-10(17(24)25)2-4-20-13;2-1-3;/h7-11H,3-6H2,1-2H3;1-8H,(H,22,23)(H,24,25)(H,26,27);;/q-1;;-1;+2. The Morgan fingerprint density at radius 1 is 0.807 bits per heavy atom. The molecule has 6 heterocycles. The minimum Gasteiger partial charge on any atom is -0.753 e. The maximum absolute atomic E-state index is 13.0. The van der Waals surface area contributed by atoms with E-state index in [2.05, 4.69) is 61.4 Å². The Kier molecular flexibility index (Phi) is 16.7. The summed E-state index contributed by atoms with van der Waals surface area (Å²) in [4.78, 5) is 52.9. The van der Waals surface area contributed by atoms with Crippen LogP contribution in [0.15, 0.2) is 79.3 Å². The van der Waals surface area contributed by atoms with Gasteiger partial charge in [-0.1, -0.05) is 38.2 Å². The van der Waals surface area contributed by atoms with Crippen molar-refractivity contribution in [2.75, 3.05) is 0 Å². The SMILES string of the molecule is CCCCc1ccc(-c2ccc(-c3[n-]nc(C(F)(F)F)c3CC)nc2)s1.O=C(O)c1ccnc(-c2cc(C(=O)O)cc(-c3cc(C(=O)O)ccn3)n2)c1.[N-]=C=S.[Ru+2]. The molecular weight excluding hydrogens is 873 g/mol. The fraction of sp³-hybridized carbons (Fsp3) is 0.184. The van der Waals surface area contributed by atoms with Crippen molar-refractivity contribution in [1.82, 2.24) is 30.1 Å². The van der Waals surface area contributed by atoms with Gasteiger partial charge in [0, 0.05) is 39.6 Å². The average molecular weight is 903 g/mol. The number of carboxylic acid groups (broad SMARTS) is 3. The molecule has 57 heavy (non-hydrogen) atoms. The number of thiocarbonyl (C=S) groups is 1. The quantitative estimate of drug-likeness (QED) is 0.0631. The molecule has 13 nitrogen and oxygen atoms in total. The maximum Gasteiger partial charge on any atom is 2.00 e. The van der Waals surface area contributed by atoms with Crippen molar-refractivity contribution in [3.05, 3.63) is 117 Å². The summed E-state index contributed by atoms with van der Waals surface area (Å²) >= 11 is 5.43. The Morgan fingerprint density at radius 3 is 1.81 bits per heavy atom. The summed E-state index contributed by atoms with van der Waals surface area (Å²) in [6, 6.07) is 15.4. The van der Waals surface area contributed by atoms with Crippen LogP contribution in [0, 0.1) is 0 Å². The zero-order chi connectivity index (χ0) is 41.0. The molecule has 0 radical (unpaired) electrons. The number of unbranched alkanes of at least 4 members (excludes halogenated alkanes) is 1. The fourth-order valence-corrected chi connectivity index (χ4v) is 6.16. The molecule has 6 rings (SSSR count). The van der Waals surface area contributed by atoms with E-state index in [0.29, 0.717) is 5.69 Å². The molecule has 0 aliphatic heterocycles. The van der Waals surface area contributed by atoms with Gasteiger partial charge in [0.2, 0.25) is 0 Å². The second kappa shape index (κ2) is 20.9. The molecule has 0 spiro atoms. The van der Waals surface area contributed by atoms with Crippen LogP contribution >= 0.6 is 23.6 Å². The fourth-order valence-electron chi connectivity index (χ4n) is 5.12. The molecule has 3 N–H and O–H groups in total. The first-order valence-corrected chi connectivity index (χ1v) is 17.7. The predicted molar refractivity (Wildman–Crippen MR) is 205 cm³/mol. The van der Waals surface area contributed by atoms with Crippen LogP contribution in [0.25, 0.3) is 50.0 Å². The first-order chi connectivity index (χ1) is 26.7. The van der Waals surface area contributed by atoms with Gasteiger partial charge < -0.3 is 30.9 Å². The van der Waals surface area contributed by atoms with Crippen molar-refractivity contribution in [3.63, 3.8) is 0 Å². The van der Waals surface area contributed by atoms with Crippen molar-refractivity contribution in [2.45, 2.75) is 45.7 Å². The third-order valence-electron chi connectivity index (χ3n) is 7.78. The van der Waals surface area contributed by atoms with Crippen LogP contribution in [0.5, 0.6) is 0 Å². The zero-order valence-electron chi connectivity index (χ0n) is 29.8. The van der Waals surface area contributed by atoms with Gasteiger partial charge in [0.15, 0.2) is 0 Å². The van der Waals surface area contributed by atoms with E-state index in [1.807, 2.05) is 6.07 Å². The number of nitrogens with zero attached hydrogens (tertiary/aromatic N) is 7. The molecule has 0 bridgehead atoms. The second-order valence-corrected chi connectivity index (χ2v) is 12.9. The van der Waals surface area contributed by atoms with Crippen LogP contribution in [0.1, 0.15) is 73.9 Å². The van der Waals surface area contributed by atoms with E-state index in [-0.39, 0.29) is 76.6 Å². The summed E-state index contributed by atoms with van der Waals surface area (Å²) in [6.45, 7) is 3.83. The molecule has 0 aliphatic rings. The monoisotopic (exact) mass is 903 g/mol. The number of pyridine rings is 4. The first-order valence-electron chi connectivity index (χ1n) is 16.5. The molecule has 0 aromatic carbocycles. The number of isothiocyanates is 1. The predicted octanol–water partition coefficient (Wildman–Crippen LogP) is 8.71. The second-order valence-electron chi connectivity index (χ2n) is 11.5. The number of halogens is 3. The number of hydrogen-bond donors (Lipinski definition) is 3. The summed E-state index contributed by atoms with van der Waals surface area (Å²) < 4.78 is 39.1. The van der Waals surface area contributed by atoms with Crippen LogP contribution in [-0.4, -0.2) is 63.4 Å². The molecule has 19 heteroatoms. The molecule has 294 valence electrons. The minimum absolute atomic E-state index is 0. The molecule has 6 aromatic heterocycles. The van der Waals surface area contributed by atoms with Gasteiger partial charge >= 0.3 is 43.6 Å². The minimum atomic E-state index is -4.50. The van der Waals surface area contributed by atoms with Crippen LogP contribution in [0.3, 0.4) is 0 Å². The summed E-state index contributed by atoms with van der Waals surface area (Å²) in [5.41, 5.74) is 1.13. The van der Waals surface area contributed by atoms with E-state index in [4.69, 9.17) is 15.6 Å².